The molecule has 136 valence electrons. The van der Waals surface area contributed by atoms with Crippen LogP contribution >= 0.6 is 0 Å². The van der Waals surface area contributed by atoms with Crippen molar-refractivity contribution in [3.8, 4) is 17.5 Å². The summed E-state index contributed by atoms with van der Waals surface area (Å²) in [4.78, 5) is 29.0. The molecular weight excluding hydrogens is 346 g/mol. The molecular formula is C20H17N3O4. The molecule has 27 heavy (non-hydrogen) atoms. The van der Waals surface area contributed by atoms with Crippen LogP contribution in [0.1, 0.15) is 24.4 Å². The van der Waals surface area contributed by atoms with Gasteiger partial charge >= 0.3 is 6.09 Å². The SMILES string of the molecule is CC(NC(=O)O)c1nc2cccc(C#CCO)c2c(=O)n1-c1ccccc1. The second kappa shape index (κ2) is 7.72. The van der Waals surface area contributed by atoms with Crippen molar-refractivity contribution in [2.75, 3.05) is 6.61 Å². The van der Waals surface area contributed by atoms with Crippen LogP contribution in [0.5, 0.6) is 0 Å². The van der Waals surface area contributed by atoms with Crippen LogP contribution in [0.25, 0.3) is 16.6 Å². The molecule has 0 saturated heterocycles. The average molecular weight is 363 g/mol. The number of nitrogens with one attached hydrogen (secondary N) is 1. The lowest BCUT2D eigenvalue weighted by molar-refractivity contribution is 0.190. The Morgan fingerprint density at radius 1 is 1.22 bits per heavy atom. The van der Waals surface area contributed by atoms with Gasteiger partial charge in [0, 0.05) is 5.56 Å². The zero-order valence-corrected chi connectivity index (χ0v) is 14.5. The summed E-state index contributed by atoms with van der Waals surface area (Å²) in [6.45, 7) is 1.30. The van der Waals surface area contributed by atoms with Crippen LogP contribution in [0, 0.1) is 11.8 Å². The monoisotopic (exact) mass is 363 g/mol. The molecule has 1 atom stereocenters. The van der Waals surface area contributed by atoms with Gasteiger partial charge in [-0.05, 0) is 31.2 Å². The highest BCUT2D eigenvalue weighted by molar-refractivity contribution is 5.84. The summed E-state index contributed by atoms with van der Waals surface area (Å²) >= 11 is 0. The maximum absolute atomic E-state index is 13.3. The number of para-hydroxylation sites is 1. The molecule has 1 aromatic heterocycles. The Labute approximate surface area is 154 Å². The highest BCUT2D eigenvalue weighted by atomic mass is 16.4. The summed E-state index contributed by atoms with van der Waals surface area (Å²) in [6.07, 6.45) is -1.21. The van der Waals surface area contributed by atoms with Crippen LogP contribution < -0.4 is 10.9 Å². The van der Waals surface area contributed by atoms with Gasteiger partial charge in [-0.3, -0.25) is 9.36 Å². The fourth-order valence-electron chi connectivity index (χ4n) is 2.85. The molecule has 0 aliphatic rings. The number of hydrogen-bond acceptors (Lipinski definition) is 4. The van der Waals surface area contributed by atoms with Crippen molar-refractivity contribution in [3.05, 3.63) is 70.3 Å². The highest BCUT2D eigenvalue weighted by Gasteiger charge is 2.20. The van der Waals surface area contributed by atoms with Crippen molar-refractivity contribution in [3.63, 3.8) is 0 Å². The van der Waals surface area contributed by atoms with E-state index in [0.717, 1.165) is 0 Å². The summed E-state index contributed by atoms with van der Waals surface area (Å²) in [6, 6.07) is 13.2. The Bertz CT molecular complexity index is 1110. The maximum Gasteiger partial charge on any atom is 0.405 e. The second-order valence-electron chi connectivity index (χ2n) is 5.78. The van der Waals surface area contributed by atoms with Crippen LogP contribution in [0.2, 0.25) is 0 Å². The van der Waals surface area contributed by atoms with E-state index in [9.17, 15) is 9.59 Å². The highest BCUT2D eigenvalue weighted by Crippen LogP contribution is 2.20. The number of amides is 1. The zero-order valence-electron chi connectivity index (χ0n) is 14.5. The number of carbonyl (C=O) groups is 1. The van der Waals surface area contributed by atoms with Crippen molar-refractivity contribution >= 4 is 17.0 Å². The lowest BCUT2D eigenvalue weighted by Gasteiger charge is -2.18. The first-order chi connectivity index (χ1) is 13.0. The fraction of sp³-hybridized carbons (Fsp3) is 0.150. The molecule has 7 heteroatoms. The van der Waals surface area contributed by atoms with Gasteiger partial charge in [-0.15, -0.1) is 0 Å². The van der Waals surface area contributed by atoms with E-state index in [-0.39, 0.29) is 18.0 Å². The van der Waals surface area contributed by atoms with Crippen molar-refractivity contribution < 1.29 is 15.0 Å². The van der Waals surface area contributed by atoms with E-state index >= 15 is 0 Å². The third-order valence-electron chi connectivity index (χ3n) is 3.97. The molecule has 3 N–H and O–H groups in total. The van der Waals surface area contributed by atoms with E-state index in [0.29, 0.717) is 22.2 Å². The molecule has 1 amide bonds. The summed E-state index contributed by atoms with van der Waals surface area (Å²) < 4.78 is 1.38. The Kier molecular flexibility index (Phi) is 5.20. The van der Waals surface area contributed by atoms with Crippen LogP contribution in [-0.4, -0.2) is 32.5 Å². The van der Waals surface area contributed by atoms with Gasteiger partial charge < -0.3 is 15.5 Å². The number of benzene rings is 2. The molecule has 3 rings (SSSR count). The Hall–Kier alpha value is -3.63. The van der Waals surface area contributed by atoms with Crippen LogP contribution in [0.4, 0.5) is 4.79 Å². The van der Waals surface area contributed by atoms with Crippen molar-refractivity contribution in [2.45, 2.75) is 13.0 Å². The molecule has 0 aliphatic heterocycles. The standard InChI is InChI=1S/C20H17N3O4/c1-13(21-20(26)27)18-22-16-11-5-7-14(8-6-12-24)17(16)19(25)23(18)15-9-3-2-4-10-15/h2-5,7,9-11,13,21,24H,12H2,1H3,(H,26,27). The van der Waals surface area contributed by atoms with Gasteiger partial charge in [-0.1, -0.05) is 36.1 Å². The van der Waals surface area contributed by atoms with Crippen molar-refractivity contribution in [2.24, 2.45) is 0 Å². The van der Waals surface area contributed by atoms with Gasteiger partial charge in [0.1, 0.15) is 12.4 Å². The van der Waals surface area contributed by atoms with E-state index in [2.05, 4.69) is 22.1 Å². The van der Waals surface area contributed by atoms with Crippen LogP contribution in [-0.2, 0) is 0 Å². The fourth-order valence-corrected chi connectivity index (χ4v) is 2.85. The minimum Gasteiger partial charge on any atom is -0.465 e. The summed E-state index contributed by atoms with van der Waals surface area (Å²) in [5.74, 6) is 5.59. The van der Waals surface area contributed by atoms with Gasteiger partial charge in [-0.2, -0.15) is 0 Å². The van der Waals surface area contributed by atoms with Gasteiger partial charge in [0.25, 0.3) is 5.56 Å². The lowest BCUT2D eigenvalue weighted by Crippen LogP contribution is -2.32. The normalized spacial score (nSPS) is 11.5. The maximum atomic E-state index is 13.3. The van der Waals surface area contributed by atoms with E-state index in [1.807, 2.05) is 6.07 Å². The molecule has 3 aromatic rings. The number of hydrogen-bond donors (Lipinski definition) is 3. The smallest absolute Gasteiger partial charge is 0.405 e. The predicted octanol–water partition coefficient (Wildman–Crippen LogP) is 2.06. The number of fused-ring (bicyclic) bond motifs is 1. The first-order valence-corrected chi connectivity index (χ1v) is 8.23. The van der Waals surface area contributed by atoms with Crippen molar-refractivity contribution in [1.29, 1.82) is 0 Å². The summed E-state index contributed by atoms with van der Waals surface area (Å²) in [5.41, 5.74) is 1.07. The first kappa shape index (κ1) is 18.2. The summed E-state index contributed by atoms with van der Waals surface area (Å²) in [7, 11) is 0. The molecule has 1 unspecified atom stereocenters. The molecule has 0 saturated carbocycles. The van der Waals surface area contributed by atoms with Crippen molar-refractivity contribution in [1.82, 2.24) is 14.9 Å². The van der Waals surface area contributed by atoms with Gasteiger partial charge in [0.05, 0.1) is 22.6 Å². The van der Waals surface area contributed by atoms with E-state index < -0.39 is 12.1 Å². The topological polar surface area (TPSA) is 104 Å². The summed E-state index contributed by atoms with van der Waals surface area (Å²) in [5, 5.41) is 20.7. The average Bonchev–Trinajstić information content (AvgIpc) is 2.66. The molecule has 0 radical (unpaired) electrons. The predicted molar refractivity (Wildman–Crippen MR) is 101 cm³/mol. The minimum atomic E-state index is -1.21. The zero-order chi connectivity index (χ0) is 19.4. The number of nitrogens with zero attached hydrogens (tertiary/aromatic N) is 2. The second-order valence-corrected chi connectivity index (χ2v) is 5.78. The quantitative estimate of drug-likeness (QED) is 0.618. The molecule has 0 bridgehead atoms. The molecule has 0 fully saturated rings. The van der Waals surface area contributed by atoms with E-state index in [1.165, 1.54) is 4.57 Å². The first-order valence-electron chi connectivity index (χ1n) is 8.23. The molecule has 0 spiro atoms. The lowest BCUT2D eigenvalue weighted by atomic mass is 10.1. The van der Waals surface area contributed by atoms with E-state index in [1.54, 1.807) is 49.4 Å². The minimum absolute atomic E-state index is 0.272. The number of carboxylic acid groups (broad SMARTS) is 1. The number of aliphatic hydroxyl groups excluding tert-OH is 1. The largest absolute Gasteiger partial charge is 0.465 e. The molecule has 0 aliphatic carbocycles. The third-order valence-corrected chi connectivity index (χ3v) is 3.97. The van der Waals surface area contributed by atoms with Crippen LogP contribution in [0.15, 0.2) is 53.3 Å². The van der Waals surface area contributed by atoms with Gasteiger partial charge in [0.15, 0.2) is 0 Å². The Morgan fingerprint density at radius 2 is 1.96 bits per heavy atom. The van der Waals surface area contributed by atoms with E-state index in [4.69, 9.17) is 10.2 Å². The Balaban J connectivity index is 2.38. The number of rotatable bonds is 3. The molecule has 7 nitrogen and oxygen atoms in total. The third kappa shape index (κ3) is 3.66. The van der Waals surface area contributed by atoms with Gasteiger partial charge in [-0.25, -0.2) is 9.78 Å². The van der Waals surface area contributed by atoms with Gasteiger partial charge in [0.2, 0.25) is 0 Å². The molecule has 2 aromatic carbocycles. The Morgan fingerprint density at radius 3 is 2.63 bits per heavy atom. The number of aromatic nitrogens is 2. The molecule has 1 heterocycles. The number of aliphatic hydroxyl groups is 1. The van der Waals surface area contributed by atoms with Crippen LogP contribution in [0.3, 0.4) is 0 Å².